The predicted octanol–water partition coefficient (Wildman–Crippen LogP) is 4.69. The summed E-state index contributed by atoms with van der Waals surface area (Å²) in [4.78, 5) is 16.0. The van der Waals surface area contributed by atoms with Gasteiger partial charge in [-0.25, -0.2) is 4.79 Å². The number of carboxylic acid groups (broad SMARTS) is 1. The van der Waals surface area contributed by atoms with Crippen molar-refractivity contribution >= 4 is 17.6 Å². The normalized spacial score (nSPS) is 11.9. The standard InChI is InChI=1S/C23H19NO3/c1-27-21-12-10-18(11-13-21)22(17-7-3-2-4-8-17)16-19(23(25)26)15-20-9-5-6-14-24-20/h2-16H,1H3,(H,25,26)/b19-15-,22-16+. The Morgan fingerprint density at radius 1 is 0.926 bits per heavy atom. The number of hydrogen-bond donors (Lipinski definition) is 1. The van der Waals surface area contributed by atoms with Gasteiger partial charge in [0.1, 0.15) is 5.75 Å². The van der Waals surface area contributed by atoms with Crippen molar-refractivity contribution in [2.24, 2.45) is 0 Å². The molecule has 3 aromatic rings. The van der Waals surface area contributed by atoms with Gasteiger partial charge in [-0.05, 0) is 53.1 Å². The highest BCUT2D eigenvalue weighted by atomic mass is 16.5. The van der Waals surface area contributed by atoms with Crippen molar-refractivity contribution < 1.29 is 14.6 Å². The van der Waals surface area contributed by atoms with Gasteiger partial charge in [0.25, 0.3) is 0 Å². The van der Waals surface area contributed by atoms with Gasteiger partial charge in [0.2, 0.25) is 0 Å². The SMILES string of the molecule is COc1ccc(/C(=C/C(=C/c2ccccn2)C(=O)O)c2ccccc2)cc1. The first kappa shape index (κ1) is 18.1. The van der Waals surface area contributed by atoms with Gasteiger partial charge in [-0.1, -0.05) is 48.5 Å². The summed E-state index contributed by atoms with van der Waals surface area (Å²) in [6, 6.07) is 22.6. The zero-order valence-corrected chi connectivity index (χ0v) is 14.9. The second kappa shape index (κ2) is 8.63. The number of carbonyl (C=O) groups is 1. The fraction of sp³-hybridized carbons (Fsp3) is 0.0435. The maximum atomic E-state index is 11.8. The second-order valence-corrected chi connectivity index (χ2v) is 5.81. The van der Waals surface area contributed by atoms with Crippen LogP contribution in [0.3, 0.4) is 0 Å². The molecule has 134 valence electrons. The summed E-state index contributed by atoms with van der Waals surface area (Å²) in [5, 5.41) is 9.70. The van der Waals surface area contributed by atoms with E-state index in [1.807, 2.05) is 60.7 Å². The summed E-state index contributed by atoms with van der Waals surface area (Å²) in [5.74, 6) is -0.267. The molecule has 0 atom stereocenters. The number of ether oxygens (including phenoxy) is 1. The molecule has 1 aromatic heterocycles. The Hall–Kier alpha value is -3.66. The first-order valence-electron chi connectivity index (χ1n) is 8.45. The van der Waals surface area contributed by atoms with E-state index in [0.717, 1.165) is 22.4 Å². The quantitative estimate of drug-likeness (QED) is 0.514. The van der Waals surface area contributed by atoms with Crippen LogP contribution in [0.25, 0.3) is 11.6 Å². The fourth-order valence-electron chi connectivity index (χ4n) is 2.66. The lowest BCUT2D eigenvalue weighted by Gasteiger charge is -2.10. The Balaban J connectivity index is 2.12. The van der Waals surface area contributed by atoms with Gasteiger partial charge >= 0.3 is 5.97 Å². The van der Waals surface area contributed by atoms with Gasteiger partial charge in [-0.3, -0.25) is 4.98 Å². The van der Waals surface area contributed by atoms with E-state index in [2.05, 4.69) is 4.98 Å². The molecule has 0 aliphatic heterocycles. The van der Waals surface area contributed by atoms with Crippen molar-refractivity contribution in [2.75, 3.05) is 7.11 Å². The molecule has 0 radical (unpaired) electrons. The molecule has 0 amide bonds. The van der Waals surface area contributed by atoms with Crippen LogP contribution in [0.2, 0.25) is 0 Å². The molecule has 27 heavy (non-hydrogen) atoms. The second-order valence-electron chi connectivity index (χ2n) is 5.81. The van der Waals surface area contributed by atoms with E-state index in [9.17, 15) is 9.90 Å². The van der Waals surface area contributed by atoms with Gasteiger partial charge in [0.15, 0.2) is 0 Å². The van der Waals surface area contributed by atoms with E-state index >= 15 is 0 Å². The van der Waals surface area contributed by atoms with Gasteiger partial charge in [-0.2, -0.15) is 0 Å². The summed E-state index contributed by atoms with van der Waals surface area (Å²) >= 11 is 0. The molecule has 0 bridgehead atoms. The Morgan fingerprint density at radius 2 is 1.59 bits per heavy atom. The van der Waals surface area contributed by atoms with Crippen LogP contribution in [0, 0.1) is 0 Å². The molecule has 0 saturated heterocycles. The lowest BCUT2D eigenvalue weighted by Crippen LogP contribution is -2.00. The molecule has 0 spiro atoms. The summed E-state index contributed by atoms with van der Waals surface area (Å²) < 4.78 is 5.22. The Labute approximate surface area is 158 Å². The Bertz CT molecular complexity index is 960. The van der Waals surface area contributed by atoms with Crippen LogP contribution in [0.5, 0.6) is 5.75 Å². The van der Waals surface area contributed by atoms with E-state index in [1.165, 1.54) is 0 Å². The molecule has 0 fully saturated rings. The predicted molar refractivity (Wildman–Crippen MR) is 106 cm³/mol. The Morgan fingerprint density at radius 3 is 2.19 bits per heavy atom. The molecule has 0 saturated carbocycles. The van der Waals surface area contributed by atoms with E-state index < -0.39 is 5.97 Å². The summed E-state index contributed by atoms with van der Waals surface area (Å²) in [6.45, 7) is 0. The third-order valence-corrected chi connectivity index (χ3v) is 4.02. The number of methoxy groups -OCH3 is 1. The third-order valence-electron chi connectivity index (χ3n) is 4.02. The van der Waals surface area contributed by atoms with Crippen molar-refractivity contribution in [3.05, 3.63) is 107 Å². The highest BCUT2D eigenvalue weighted by Gasteiger charge is 2.11. The van der Waals surface area contributed by atoms with Crippen LogP contribution in [0.1, 0.15) is 16.8 Å². The van der Waals surface area contributed by atoms with Crippen LogP contribution >= 0.6 is 0 Å². The first-order valence-corrected chi connectivity index (χ1v) is 8.45. The molecule has 4 nitrogen and oxygen atoms in total. The van der Waals surface area contributed by atoms with E-state index in [0.29, 0.717) is 5.69 Å². The van der Waals surface area contributed by atoms with Gasteiger partial charge in [-0.15, -0.1) is 0 Å². The van der Waals surface area contributed by atoms with E-state index in [4.69, 9.17) is 4.74 Å². The molecule has 0 aliphatic carbocycles. The number of carboxylic acids is 1. The highest BCUT2D eigenvalue weighted by Crippen LogP contribution is 2.27. The van der Waals surface area contributed by atoms with Crippen LogP contribution in [-0.2, 0) is 4.79 Å². The van der Waals surface area contributed by atoms with Crippen molar-refractivity contribution in [3.8, 4) is 5.75 Å². The number of pyridine rings is 1. The molecular weight excluding hydrogens is 338 g/mol. The van der Waals surface area contributed by atoms with Crippen molar-refractivity contribution in [1.82, 2.24) is 4.98 Å². The lowest BCUT2D eigenvalue weighted by molar-refractivity contribution is -0.132. The van der Waals surface area contributed by atoms with Gasteiger partial charge in [0.05, 0.1) is 18.4 Å². The average molecular weight is 357 g/mol. The zero-order chi connectivity index (χ0) is 19.1. The van der Waals surface area contributed by atoms with Crippen LogP contribution in [-0.4, -0.2) is 23.2 Å². The fourth-order valence-corrected chi connectivity index (χ4v) is 2.66. The topological polar surface area (TPSA) is 59.4 Å². The average Bonchev–Trinajstić information content (AvgIpc) is 2.72. The number of hydrogen-bond acceptors (Lipinski definition) is 3. The minimum atomic E-state index is -1.01. The van der Waals surface area contributed by atoms with Crippen LogP contribution in [0.4, 0.5) is 0 Å². The summed E-state index contributed by atoms with van der Waals surface area (Å²) in [6.07, 6.45) is 4.87. The van der Waals surface area contributed by atoms with Crippen molar-refractivity contribution in [3.63, 3.8) is 0 Å². The first-order chi connectivity index (χ1) is 13.2. The molecule has 4 heteroatoms. The van der Waals surface area contributed by atoms with Crippen LogP contribution in [0.15, 0.2) is 90.6 Å². The molecule has 1 N–H and O–H groups in total. The van der Waals surface area contributed by atoms with Crippen LogP contribution < -0.4 is 4.74 Å². The number of aliphatic carboxylic acids is 1. The molecule has 1 heterocycles. The van der Waals surface area contributed by atoms with Crippen molar-refractivity contribution in [2.45, 2.75) is 0 Å². The maximum Gasteiger partial charge on any atom is 0.335 e. The number of aromatic nitrogens is 1. The van der Waals surface area contributed by atoms with E-state index in [1.54, 1.807) is 37.6 Å². The summed E-state index contributed by atoms with van der Waals surface area (Å²) in [5.41, 5.74) is 3.38. The molecular formula is C23H19NO3. The number of rotatable bonds is 6. The number of nitrogens with zero attached hydrogens (tertiary/aromatic N) is 1. The molecule has 0 aliphatic rings. The smallest absolute Gasteiger partial charge is 0.335 e. The molecule has 2 aromatic carbocycles. The summed E-state index contributed by atoms with van der Waals surface area (Å²) in [7, 11) is 1.61. The largest absolute Gasteiger partial charge is 0.497 e. The monoisotopic (exact) mass is 357 g/mol. The maximum absolute atomic E-state index is 11.8. The molecule has 0 unspecified atom stereocenters. The molecule has 3 rings (SSSR count). The minimum Gasteiger partial charge on any atom is -0.497 e. The lowest BCUT2D eigenvalue weighted by atomic mass is 9.95. The third kappa shape index (κ3) is 4.70. The Kier molecular flexibility index (Phi) is 5.80. The van der Waals surface area contributed by atoms with Gasteiger partial charge < -0.3 is 9.84 Å². The highest BCUT2D eigenvalue weighted by molar-refractivity contribution is 5.99. The minimum absolute atomic E-state index is 0.156. The zero-order valence-electron chi connectivity index (χ0n) is 14.9. The van der Waals surface area contributed by atoms with Crippen molar-refractivity contribution in [1.29, 1.82) is 0 Å². The van der Waals surface area contributed by atoms with Gasteiger partial charge in [0, 0.05) is 6.20 Å². The van der Waals surface area contributed by atoms with E-state index in [-0.39, 0.29) is 5.57 Å². The number of benzene rings is 2.